The van der Waals surface area contributed by atoms with E-state index in [0.29, 0.717) is 10.6 Å². The maximum Gasteiger partial charge on any atom is 0.340 e. The Labute approximate surface area is 154 Å². The second-order valence-corrected chi connectivity index (χ2v) is 7.63. The Morgan fingerprint density at radius 2 is 1.71 bits per heavy atom. The number of hydrogen-bond donors (Lipinski definition) is 1. The molecule has 0 unspecified atom stereocenters. The summed E-state index contributed by atoms with van der Waals surface area (Å²) in [6.07, 6.45) is -0.670. The molecule has 0 radical (unpaired) electrons. The van der Waals surface area contributed by atoms with Crippen molar-refractivity contribution in [1.29, 1.82) is 0 Å². The van der Waals surface area contributed by atoms with Crippen molar-refractivity contribution < 1.29 is 17.9 Å². The van der Waals surface area contributed by atoms with Gasteiger partial charge in [-0.3, -0.25) is 0 Å². The Hall–Kier alpha value is -1.31. The fraction of sp³-hybridized carbons (Fsp3) is 0.133. The van der Waals surface area contributed by atoms with Crippen LogP contribution in [0.1, 0.15) is 28.9 Å². The van der Waals surface area contributed by atoms with E-state index in [1.165, 1.54) is 0 Å². The molecule has 0 aromatic heterocycles. The maximum absolute atomic E-state index is 12.3. The highest BCUT2D eigenvalue weighted by atomic mass is 35.5. The normalized spacial score (nSPS) is 12.7. The zero-order valence-electron chi connectivity index (χ0n) is 12.3. The van der Waals surface area contributed by atoms with Crippen molar-refractivity contribution in [3.05, 3.63) is 62.6 Å². The standard InChI is InChI=1S/C15H12Cl3NO4S/c1-8(9-4-2-3-5-11(9)16)23-15(20)10-6-14(24(19,21)22)13(18)7-12(10)17/h2-8H,1H3,(H2,19,21,22)/t8-/m0/s1. The summed E-state index contributed by atoms with van der Waals surface area (Å²) >= 11 is 17.8. The highest BCUT2D eigenvalue weighted by Crippen LogP contribution is 2.31. The monoisotopic (exact) mass is 407 g/mol. The zero-order valence-corrected chi connectivity index (χ0v) is 15.4. The zero-order chi connectivity index (χ0) is 18.1. The lowest BCUT2D eigenvalue weighted by Gasteiger charge is -2.16. The van der Waals surface area contributed by atoms with Gasteiger partial charge in [0.05, 0.1) is 15.6 Å². The van der Waals surface area contributed by atoms with Crippen LogP contribution in [0.2, 0.25) is 15.1 Å². The number of ether oxygens (including phenoxy) is 1. The number of carbonyl (C=O) groups is 1. The molecule has 2 N–H and O–H groups in total. The molecule has 5 nitrogen and oxygen atoms in total. The SMILES string of the molecule is C[C@H](OC(=O)c1cc(S(N)(=O)=O)c(Cl)cc1Cl)c1ccccc1Cl. The minimum absolute atomic E-state index is 0.0521. The molecule has 2 aromatic rings. The molecular formula is C15H12Cl3NO4S. The molecule has 1 atom stereocenters. The Kier molecular flexibility index (Phi) is 5.78. The number of halogens is 3. The molecule has 0 aliphatic carbocycles. The number of primary sulfonamides is 1. The van der Waals surface area contributed by atoms with Crippen molar-refractivity contribution in [2.75, 3.05) is 0 Å². The second-order valence-electron chi connectivity index (χ2n) is 4.88. The Bertz CT molecular complexity index is 900. The number of sulfonamides is 1. The number of nitrogens with two attached hydrogens (primary N) is 1. The average Bonchev–Trinajstić information content (AvgIpc) is 2.45. The number of carbonyl (C=O) groups excluding carboxylic acids is 1. The number of hydrogen-bond acceptors (Lipinski definition) is 4. The van der Waals surface area contributed by atoms with E-state index in [4.69, 9.17) is 44.7 Å². The Morgan fingerprint density at radius 1 is 1.08 bits per heavy atom. The van der Waals surface area contributed by atoms with E-state index in [1.807, 2.05) is 0 Å². The molecule has 0 heterocycles. The van der Waals surface area contributed by atoms with Crippen molar-refractivity contribution in [3.63, 3.8) is 0 Å². The van der Waals surface area contributed by atoms with Gasteiger partial charge in [0.2, 0.25) is 10.0 Å². The number of esters is 1. The third-order valence-corrected chi connectivity index (χ3v) is 5.21. The lowest BCUT2D eigenvalue weighted by atomic mass is 10.1. The van der Waals surface area contributed by atoms with E-state index >= 15 is 0 Å². The molecule has 128 valence electrons. The molecule has 0 aliphatic heterocycles. The molecule has 0 spiro atoms. The fourth-order valence-corrected chi connectivity index (χ4v) is 3.68. The summed E-state index contributed by atoms with van der Waals surface area (Å²) in [5.74, 6) is -0.825. The van der Waals surface area contributed by atoms with Gasteiger partial charge in [0.25, 0.3) is 0 Å². The van der Waals surface area contributed by atoms with Gasteiger partial charge in [0.15, 0.2) is 0 Å². The van der Waals surface area contributed by atoms with Crippen LogP contribution in [0.4, 0.5) is 0 Å². The van der Waals surface area contributed by atoms with E-state index in [0.717, 1.165) is 12.1 Å². The average molecular weight is 409 g/mol. The highest BCUT2D eigenvalue weighted by Gasteiger charge is 2.23. The van der Waals surface area contributed by atoms with Gasteiger partial charge in [-0.25, -0.2) is 18.4 Å². The topological polar surface area (TPSA) is 86.5 Å². The maximum atomic E-state index is 12.3. The highest BCUT2D eigenvalue weighted by molar-refractivity contribution is 7.89. The second kappa shape index (κ2) is 7.29. The predicted molar refractivity (Wildman–Crippen MR) is 93.1 cm³/mol. The third kappa shape index (κ3) is 4.20. The van der Waals surface area contributed by atoms with Crippen molar-refractivity contribution in [1.82, 2.24) is 0 Å². The van der Waals surface area contributed by atoms with Gasteiger partial charge in [0, 0.05) is 10.6 Å². The molecule has 2 aromatic carbocycles. The number of benzene rings is 2. The van der Waals surface area contributed by atoms with Crippen LogP contribution < -0.4 is 5.14 Å². The van der Waals surface area contributed by atoms with Crippen LogP contribution in [0.5, 0.6) is 0 Å². The smallest absolute Gasteiger partial charge is 0.340 e. The molecule has 9 heteroatoms. The Morgan fingerprint density at radius 3 is 2.29 bits per heavy atom. The molecule has 0 aliphatic rings. The Balaban J connectivity index is 2.35. The van der Waals surface area contributed by atoms with Crippen LogP contribution in [0.3, 0.4) is 0 Å². The largest absolute Gasteiger partial charge is 0.454 e. The van der Waals surface area contributed by atoms with Gasteiger partial charge in [-0.2, -0.15) is 0 Å². The van der Waals surface area contributed by atoms with Gasteiger partial charge in [0.1, 0.15) is 11.0 Å². The minimum atomic E-state index is -4.11. The third-order valence-electron chi connectivity index (χ3n) is 3.18. The van der Waals surface area contributed by atoms with Gasteiger partial charge in [-0.05, 0) is 25.1 Å². The molecule has 2 rings (SSSR count). The van der Waals surface area contributed by atoms with Crippen molar-refractivity contribution in [2.45, 2.75) is 17.9 Å². The van der Waals surface area contributed by atoms with Gasteiger partial charge >= 0.3 is 5.97 Å². The summed E-state index contributed by atoms with van der Waals surface area (Å²) in [6.45, 7) is 1.63. The first-order chi connectivity index (χ1) is 11.1. The van der Waals surface area contributed by atoms with E-state index in [2.05, 4.69) is 0 Å². The summed E-state index contributed by atoms with van der Waals surface area (Å²) < 4.78 is 28.3. The van der Waals surface area contributed by atoms with Gasteiger partial charge < -0.3 is 4.74 Å². The lowest BCUT2D eigenvalue weighted by molar-refractivity contribution is 0.0338. The predicted octanol–water partition coefficient (Wildman–Crippen LogP) is 4.21. The van der Waals surface area contributed by atoms with Crippen molar-refractivity contribution >= 4 is 50.8 Å². The minimum Gasteiger partial charge on any atom is -0.454 e. The van der Waals surface area contributed by atoms with E-state index in [9.17, 15) is 13.2 Å². The van der Waals surface area contributed by atoms with E-state index in [-0.39, 0.29) is 15.6 Å². The molecule has 24 heavy (non-hydrogen) atoms. The van der Waals surface area contributed by atoms with Crippen LogP contribution in [0, 0.1) is 0 Å². The summed E-state index contributed by atoms with van der Waals surface area (Å²) in [7, 11) is -4.11. The van der Waals surface area contributed by atoms with E-state index < -0.39 is 27.0 Å². The summed E-state index contributed by atoms with van der Waals surface area (Å²) in [5.41, 5.74) is 0.438. The van der Waals surface area contributed by atoms with Gasteiger partial charge in [-0.1, -0.05) is 53.0 Å². The van der Waals surface area contributed by atoms with Crippen LogP contribution in [0.25, 0.3) is 0 Å². The molecule has 0 amide bonds. The summed E-state index contributed by atoms with van der Waals surface area (Å²) in [5, 5.41) is 5.27. The first-order valence-electron chi connectivity index (χ1n) is 6.58. The molecule has 0 saturated carbocycles. The van der Waals surface area contributed by atoms with E-state index in [1.54, 1.807) is 31.2 Å². The molecule has 0 fully saturated rings. The van der Waals surface area contributed by atoms with Crippen molar-refractivity contribution in [3.8, 4) is 0 Å². The summed E-state index contributed by atoms with van der Waals surface area (Å²) in [4.78, 5) is 11.9. The van der Waals surface area contributed by atoms with Crippen molar-refractivity contribution in [2.24, 2.45) is 5.14 Å². The lowest BCUT2D eigenvalue weighted by Crippen LogP contribution is -2.15. The molecule has 0 bridgehead atoms. The number of rotatable bonds is 4. The quantitative estimate of drug-likeness (QED) is 0.768. The first-order valence-corrected chi connectivity index (χ1v) is 9.26. The van der Waals surface area contributed by atoms with Crippen LogP contribution >= 0.6 is 34.8 Å². The molecular weight excluding hydrogens is 397 g/mol. The molecule has 0 saturated heterocycles. The fourth-order valence-electron chi connectivity index (χ4n) is 2.00. The summed E-state index contributed by atoms with van der Waals surface area (Å²) in [6, 6.07) is 8.98. The first kappa shape index (κ1) is 19.0. The van der Waals surface area contributed by atoms with Crippen LogP contribution in [-0.2, 0) is 14.8 Å². The van der Waals surface area contributed by atoms with Crippen LogP contribution in [0.15, 0.2) is 41.3 Å². The van der Waals surface area contributed by atoms with Crippen LogP contribution in [-0.4, -0.2) is 14.4 Å². The van der Waals surface area contributed by atoms with Gasteiger partial charge in [-0.15, -0.1) is 0 Å².